The number of phosphoric ester groups is 1. The van der Waals surface area contributed by atoms with Crippen LogP contribution >= 0.6 is 7.82 Å². The van der Waals surface area contributed by atoms with Crippen LogP contribution in [-0.2, 0) is 27.7 Å². The Bertz CT molecular complexity index is 497. The number of esters is 1. The molecule has 0 bridgehead atoms. The van der Waals surface area contributed by atoms with E-state index in [1.54, 1.807) is 0 Å². The average Bonchev–Trinajstić information content (AvgIpc) is 2.71. The number of aliphatic hydroxyl groups is 1. The molecule has 2 atom stereocenters. The molecule has 0 saturated carbocycles. The Balaban J connectivity index is 3.78. The van der Waals surface area contributed by atoms with Crippen molar-refractivity contribution in [2.24, 2.45) is 0 Å². The van der Waals surface area contributed by atoms with Gasteiger partial charge in [-0.1, -0.05) is 64.7 Å². The lowest BCUT2D eigenvalue weighted by atomic mass is 10.1. The molecule has 0 heterocycles. The van der Waals surface area contributed by atoms with Crippen molar-refractivity contribution in [2.75, 3.05) is 54.6 Å². The van der Waals surface area contributed by atoms with Gasteiger partial charge >= 0.3 is 13.8 Å². The van der Waals surface area contributed by atoms with Gasteiger partial charge in [0.15, 0.2) is 0 Å². The van der Waals surface area contributed by atoms with Crippen molar-refractivity contribution >= 4 is 13.8 Å². The predicted molar refractivity (Wildman–Crippen MR) is 123 cm³/mol. The summed E-state index contributed by atoms with van der Waals surface area (Å²) in [6, 6.07) is 0. The molecule has 0 aliphatic carbocycles. The molecular weight excluding hydrogens is 421 g/mol. The Morgan fingerprint density at radius 1 is 0.903 bits per heavy atom. The highest BCUT2D eigenvalue weighted by Gasteiger charge is 2.27. The van der Waals surface area contributed by atoms with Gasteiger partial charge in [-0.25, -0.2) is 4.57 Å². The molecule has 0 spiro atoms. The number of unbranched alkanes of at least 4 members (excludes halogenated alkanes) is 9. The van der Waals surface area contributed by atoms with E-state index in [0.29, 0.717) is 17.4 Å². The van der Waals surface area contributed by atoms with Crippen LogP contribution in [0.15, 0.2) is 0 Å². The van der Waals surface area contributed by atoms with Gasteiger partial charge in [0.25, 0.3) is 0 Å². The predicted octanol–water partition coefficient (Wildman–Crippen LogP) is 4.70. The topological polar surface area (TPSA) is 91.3 Å². The van der Waals surface area contributed by atoms with Crippen molar-refractivity contribution in [3.8, 4) is 0 Å². The van der Waals surface area contributed by atoms with Gasteiger partial charge in [0.05, 0.1) is 27.7 Å². The second-order valence-corrected chi connectivity index (χ2v) is 10.8. The third kappa shape index (κ3) is 19.9. The number of carbonyl (C=O) groups is 1. The normalized spacial score (nSPS) is 14.9. The lowest BCUT2D eigenvalue weighted by Gasteiger charge is -2.24. The summed E-state index contributed by atoms with van der Waals surface area (Å²) in [7, 11) is 3.44. The van der Waals surface area contributed by atoms with Gasteiger partial charge in [-0.2, -0.15) is 0 Å². The monoisotopic (exact) mass is 468 g/mol. The Hall–Kier alpha value is -0.500. The van der Waals surface area contributed by atoms with Crippen LogP contribution in [0, 0.1) is 0 Å². The number of carbonyl (C=O) groups excluding carboxylic acids is 1. The van der Waals surface area contributed by atoms with Gasteiger partial charge in [-0.3, -0.25) is 18.4 Å². The Morgan fingerprint density at radius 3 is 1.97 bits per heavy atom. The number of phosphoric acid groups is 1. The zero-order chi connectivity index (χ0) is 23.6. The number of hydrogen-bond acceptors (Lipinski definition) is 7. The zero-order valence-electron chi connectivity index (χ0n) is 20.5. The summed E-state index contributed by atoms with van der Waals surface area (Å²) < 4.78 is 33.2. The average molecular weight is 469 g/mol. The Kier molecular flexibility index (Phi) is 17.7. The first-order valence-corrected chi connectivity index (χ1v) is 13.2. The number of aliphatic hydroxyl groups excluding tert-OH is 1. The summed E-state index contributed by atoms with van der Waals surface area (Å²) in [4.78, 5) is 11.8. The maximum Gasteiger partial charge on any atom is 0.474 e. The molecule has 0 fully saturated rings. The highest BCUT2D eigenvalue weighted by Crippen LogP contribution is 2.48. The third-order valence-electron chi connectivity index (χ3n) is 4.83. The molecule has 186 valence electrons. The molecule has 2 unspecified atom stereocenters. The van der Waals surface area contributed by atoms with Gasteiger partial charge in [-0.15, -0.1) is 0 Å². The maximum absolute atomic E-state index is 12.3. The Morgan fingerprint density at radius 2 is 1.45 bits per heavy atom. The minimum Gasteiger partial charge on any atom is -0.463 e. The smallest absolute Gasteiger partial charge is 0.463 e. The van der Waals surface area contributed by atoms with E-state index in [4.69, 9.17) is 18.3 Å². The van der Waals surface area contributed by atoms with E-state index in [1.807, 2.05) is 21.1 Å². The first-order valence-electron chi connectivity index (χ1n) is 11.7. The van der Waals surface area contributed by atoms with E-state index < -0.39 is 13.9 Å². The maximum atomic E-state index is 12.3. The number of ether oxygens (including phenoxy) is 1. The zero-order valence-corrected chi connectivity index (χ0v) is 21.4. The van der Waals surface area contributed by atoms with Crippen molar-refractivity contribution in [3.05, 3.63) is 0 Å². The molecule has 0 amide bonds. The van der Waals surface area contributed by atoms with Gasteiger partial charge in [0.1, 0.15) is 25.9 Å². The molecule has 1 N–H and O–H groups in total. The third-order valence-corrected chi connectivity index (χ3v) is 6.24. The SMILES string of the molecule is CCCCCCCCCCCCC(=O)OCC(O)COP(=O)(OC)OCC[N+](C)(C)C. The molecule has 0 saturated heterocycles. The number of likely N-dealkylation sites (N-methyl/N-ethyl adjacent to an activating group) is 1. The molecular formula is C22H47NO7P+. The second-order valence-electron chi connectivity index (χ2n) is 9.04. The van der Waals surface area contributed by atoms with Crippen molar-refractivity contribution in [3.63, 3.8) is 0 Å². The van der Waals surface area contributed by atoms with Gasteiger partial charge in [-0.05, 0) is 6.42 Å². The molecule has 0 radical (unpaired) electrons. The fourth-order valence-electron chi connectivity index (χ4n) is 2.81. The molecule has 9 heteroatoms. The fourth-order valence-corrected chi connectivity index (χ4v) is 3.76. The summed E-state index contributed by atoms with van der Waals surface area (Å²) in [5.74, 6) is -0.340. The van der Waals surface area contributed by atoms with Crippen molar-refractivity contribution in [1.82, 2.24) is 0 Å². The van der Waals surface area contributed by atoms with Crippen LogP contribution in [0.5, 0.6) is 0 Å². The van der Waals surface area contributed by atoms with Gasteiger partial charge in [0.2, 0.25) is 0 Å². The molecule has 31 heavy (non-hydrogen) atoms. The molecule has 0 aromatic rings. The quantitative estimate of drug-likeness (QED) is 0.113. The van der Waals surface area contributed by atoms with Crippen LogP contribution in [0.3, 0.4) is 0 Å². The van der Waals surface area contributed by atoms with Crippen LogP contribution in [0.1, 0.15) is 77.6 Å². The fraction of sp³-hybridized carbons (Fsp3) is 0.955. The van der Waals surface area contributed by atoms with Crippen LogP contribution in [0.2, 0.25) is 0 Å². The number of rotatable bonds is 21. The first kappa shape index (κ1) is 30.5. The number of quaternary nitrogens is 1. The van der Waals surface area contributed by atoms with E-state index in [9.17, 15) is 14.5 Å². The molecule has 8 nitrogen and oxygen atoms in total. The van der Waals surface area contributed by atoms with E-state index in [2.05, 4.69) is 6.92 Å². The Labute approximate surface area is 189 Å². The van der Waals surface area contributed by atoms with Crippen LogP contribution in [0.25, 0.3) is 0 Å². The minimum atomic E-state index is -3.74. The second kappa shape index (κ2) is 18.0. The molecule has 0 aliphatic rings. The summed E-state index contributed by atoms with van der Waals surface area (Å²) in [6.07, 6.45) is 11.3. The van der Waals surface area contributed by atoms with E-state index in [0.717, 1.165) is 19.3 Å². The summed E-state index contributed by atoms with van der Waals surface area (Å²) in [5, 5.41) is 9.92. The van der Waals surface area contributed by atoms with Crippen LogP contribution in [-0.4, -0.2) is 76.3 Å². The van der Waals surface area contributed by atoms with Gasteiger partial charge < -0.3 is 14.3 Å². The van der Waals surface area contributed by atoms with Crippen molar-refractivity contribution < 1.29 is 37.3 Å². The summed E-state index contributed by atoms with van der Waals surface area (Å²) >= 11 is 0. The summed E-state index contributed by atoms with van der Waals surface area (Å²) in [5.41, 5.74) is 0. The molecule has 0 aliphatic heterocycles. The van der Waals surface area contributed by atoms with Crippen LogP contribution in [0.4, 0.5) is 0 Å². The summed E-state index contributed by atoms with van der Waals surface area (Å²) in [6.45, 7) is 2.53. The molecule has 0 aromatic carbocycles. The first-order chi connectivity index (χ1) is 14.6. The lowest BCUT2D eigenvalue weighted by Crippen LogP contribution is -2.37. The molecule has 0 rings (SSSR count). The lowest BCUT2D eigenvalue weighted by molar-refractivity contribution is -0.870. The minimum absolute atomic E-state index is 0.193. The number of hydrogen-bond donors (Lipinski definition) is 1. The highest BCUT2D eigenvalue weighted by atomic mass is 31.2. The van der Waals surface area contributed by atoms with Crippen molar-refractivity contribution in [2.45, 2.75) is 83.7 Å². The van der Waals surface area contributed by atoms with E-state index >= 15 is 0 Å². The van der Waals surface area contributed by atoms with Gasteiger partial charge in [0, 0.05) is 13.5 Å². The van der Waals surface area contributed by atoms with E-state index in [1.165, 1.54) is 52.1 Å². The van der Waals surface area contributed by atoms with E-state index in [-0.39, 0.29) is 25.8 Å². The van der Waals surface area contributed by atoms with Crippen LogP contribution < -0.4 is 0 Å². The highest BCUT2D eigenvalue weighted by molar-refractivity contribution is 7.48. The standard InChI is InChI=1S/C22H47NO7P/c1-6-7-8-9-10-11-12-13-14-15-16-22(25)28-19-21(24)20-30-31(26,27-5)29-18-17-23(2,3)4/h21,24H,6-20H2,1-5H3/q+1. The molecule has 0 aromatic heterocycles. The van der Waals surface area contributed by atoms with Crippen molar-refractivity contribution in [1.29, 1.82) is 0 Å². The number of nitrogens with zero attached hydrogens (tertiary/aromatic N) is 1. The largest absolute Gasteiger partial charge is 0.474 e.